The molecule has 1 nitrogen and oxygen atoms in total. The smallest absolute Gasteiger partial charge is 0.0624 e. The quantitative estimate of drug-likeness (QED) is 0.806. The van der Waals surface area contributed by atoms with Crippen molar-refractivity contribution in [3.05, 3.63) is 33.8 Å². The molecule has 1 N–H and O–H groups in total. The summed E-state index contributed by atoms with van der Waals surface area (Å²) in [5, 5.41) is 10.0. The van der Waals surface area contributed by atoms with Crippen LogP contribution < -0.4 is 0 Å². The Hall–Kier alpha value is 0.0500. The van der Waals surface area contributed by atoms with Crippen LogP contribution in [-0.2, 0) is 0 Å². The first-order valence-electron chi connectivity index (χ1n) is 4.27. The molecule has 4 heteroatoms. The largest absolute Gasteiger partial charge is 0.393 e. The summed E-state index contributed by atoms with van der Waals surface area (Å²) < 4.78 is 0. The second-order valence-electron chi connectivity index (χ2n) is 3.22. The van der Waals surface area contributed by atoms with Crippen molar-refractivity contribution in [1.29, 1.82) is 0 Å². The fourth-order valence-corrected chi connectivity index (χ4v) is 2.23. The molecule has 1 aromatic rings. The van der Waals surface area contributed by atoms with Crippen molar-refractivity contribution in [3.63, 3.8) is 0 Å². The molecule has 0 aliphatic heterocycles. The Bertz CT molecular complexity index is 312. The Kier molecular flexibility index (Phi) is 4.52. The molecule has 0 saturated carbocycles. The molecule has 0 spiro atoms. The first kappa shape index (κ1) is 12.1. The number of benzene rings is 1. The van der Waals surface area contributed by atoms with E-state index in [1.54, 1.807) is 25.1 Å². The number of hydrogen-bond donors (Lipinski definition) is 1. The molecule has 0 saturated heterocycles. The van der Waals surface area contributed by atoms with Crippen LogP contribution in [0.1, 0.15) is 24.3 Å². The highest BCUT2D eigenvalue weighted by molar-refractivity contribution is 6.35. The summed E-state index contributed by atoms with van der Waals surface area (Å²) in [6.07, 6.45) is 0.0346. The van der Waals surface area contributed by atoms with Crippen LogP contribution in [0.25, 0.3) is 0 Å². The van der Waals surface area contributed by atoms with Gasteiger partial charge >= 0.3 is 0 Å². The van der Waals surface area contributed by atoms with Crippen LogP contribution in [0.5, 0.6) is 0 Å². The molecule has 0 heterocycles. The van der Waals surface area contributed by atoms with Gasteiger partial charge in [-0.15, -0.1) is 11.6 Å². The van der Waals surface area contributed by atoms with Crippen molar-refractivity contribution in [2.24, 2.45) is 0 Å². The van der Waals surface area contributed by atoms with Gasteiger partial charge in [-0.25, -0.2) is 0 Å². The number of hydrogen-bond acceptors (Lipinski definition) is 1. The summed E-state index contributed by atoms with van der Waals surface area (Å²) in [6, 6.07) is 5.17. The standard InChI is InChI=1S/C10H11Cl3O/c1-6(14)4-9(12)8-3-2-7(11)5-10(8)13/h2-3,5-6,9,14H,4H2,1H3. The molecule has 0 fully saturated rings. The van der Waals surface area contributed by atoms with Crippen LogP contribution in [0.3, 0.4) is 0 Å². The second-order valence-corrected chi connectivity index (χ2v) is 4.59. The normalized spacial score (nSPS) is 15.2. The van der Waals surface area contributed by atoms with Gasteiger partial charge < -0.3 is 5.11 Å². The third kappa shape index (κ3) is 3.32. The fraction of sp³-hybridized carbons (Fsp3) is 0.400. The Morgan fingerprint density at radius 2 is 2.00 bits per heavy atom. The summed E-state index contributed by atoms with van der Waals surface area (Å²) in [5.74, 6) is 0. The van der Waals surface area contributed by atoms with E-state index in [0.717, 1.165) is 5.56 Å². The topological polar surface area (TPSA) is 20.2 Å². The zero-order chi connectivity index (χ0) is 10.7. The molecular weight excluding hydrogens is 242 g/mol. The van der Waals surface area contributed by atoms with E-state index in [1.807, 2.05) is 0 Å². The predicted octanol–water partition coefficient (Wildman–Crippen LogP) is 4.04. The molecule has 0 bridgehead atoms. The SMILES string of the molecule is CC(O)CC(Cl)c1ccc(Cl)cc1Cl. The number of alkyl halides is 1. The maximum atomic E-state index is 9.18. The lowest BCUT2D eigenvalue weighted by molar-refractivity contribution is 0.183. The minimum absolute atomic E-state index is 0.278. The Labute approximate surface area is 98.6 Å². The molecule has 0 radical (unpaired) electrons. The van der Waals surface area contributed by atoms with E-state index < -0.39 is 6.10 Å². The molecule has 14 heavy (non-hydrogen) atoms. The first-order chi connectivity index (χ1) is 6.50. The Morgan fingerprint density at radius 1 is 1.36 bits per heavy atom. The average molecular weight is 254 g/mol. The number of halogens is 3. The van der Waals surface area contributed by atoms with Crippen molar-refractivity contribution < 1.29 is 5.11 Å². The van der Waals surface area contributed by atoms with E-state index in [9.17, 15) is 5.11 Å². The van der Waals surface area contributed by atoms with Gasteiger partial charge in [0.1, 0.15) is 0 Å². The van der Waals surface area contributed by atoms with Crippen molar-refractivity contribution in [1.82, 2.24) is 0 Å². The van der Waals surface area contributed by atoms with Crippen LogP contribution >= 0.6 is 34.8 Å². The number of aliphatic hydroxyl groups excluding tert-OH is 1. The van der Waals surface area contributed by atoms with Crippen LogP contribution in [0, 0.1) is 0 Å². The number of aliphatic hydroxyl groups is 1. The highest BCUT2D eigenvalue weighted by atomic mass is 35.5. The van der Waals surface area contributed by atoms with E-state index in [-0.39, 0.29) is 5.38 Å². The van der Waals surface area contributed by atoms with Gasteiger partial charge in [0.25, 0.3) is 0 Å². The van der Waals surface area contributed by atoms with Crippen molar-refractivity contribution >= 4 is 34.8 Å². The van der Waals surface area contributed by atoms with Gasteiger partial charge in [-0.3, -0.25) is 0 Å². The average Bonchev–Trinajstić information content (AvgIpc) is 2.01. The molecule has 1 rings (SSSR count). The van der Waals surface area contributed by atoms with E-state index in [0.29, 0.717) is 16.5 Å². The minimum atomic E-state index is -0.441. The molecule has 2 unspecified atom stereocenters. The van der Waals surface area contributed by atoms with Crippen LogP contribution in [0.15, 0.2) is 18.2 Å². The highest BCUT2D eigenvalue weighted by Gasteiger charge is 2.14. The van der Waals surface area contributed by atoms with E-state index in [1.165, 1.54) is 0 Å². The summed E-state index contributed by atoms with van der Waals surface area (Å²) in [6.45, 7) is 1.69. The highest BCUT2D eigenvalue weighted by Crippen LogP contribution is 2.32. The van der Waals surface area contributed by atoms with Gasteiger partial charge in [0.2, 0.25) is 0 Å². The van der Waals surface area contributed by atoms with Gasteiger partial charge in [-0.1, -0.05) is 29.3 Å². The molecule has 78 valence electrons. The Balaban J connectivity index is 2.84. The lowest BCUT2D eigenvalue weighted by Crippen LogP contribution is -2.04. The molecule has 0 amide bonds. The minimum Gasteiger partial charge on any atom is -0.393 e. The van der Waals surface area contributed by atoms with Crippen molar-refractivity contribution in [2.75, 3.05) is 0 Å². The van der Waals surface area contributed by atoms with Crippen LogP contribution in [0.2, 0.25) is 10.0 Å². The third-order valence-corrected chi connectivity index (χ3v) is 2.82. The Morgan fingerprint density at radius 3 is 2.50 bits per heavy atom. The van der Waals surface area contributed by atoms with E-state index in [4.69, 9.17) is 34.8 Å². The lowest BCUT2D eigenvalue weighted by atomic mass is 10.1. The third-order valence-electron chi connectivity index (χ3n) is 1.85. The summed E-state index contributed by atoms with van der Waals surface area (Å²) in [7, 11) is 0. The van der Waals surface area contributed by atoms with Crippen molar-refractivity contribution in [2.45, 2.75) is 24.8 Å². The van der Waals surface area contributed by atoms with Crippen molar-refractivity contribution in [3.8, 4) is 0 Å². The molecular formula is C10H11Cl3O. The van der Waals surface area contributed by atoms with Gasteiger partial charge in [-0.05, 0) is 31.0 Å². The van der Waals surface area contributed by atoms with Crippen LogP contribution in [-0.4, -0.2) is 11.2 Å². The van der Waals surface area contributed by atoms with Gasteiger partial charge in [0.15, 0.2) is 0 Å². The molecule has 0 aliphatic carbocycles. The zero-order valence-corrected chi connectivity index (χ0v) is 9.94. The van der Waals surface area contributed by atoms with Gasteiger partial charge in [-0.2, -0.15) is 0 Å². The second kappa shape index (κ2) is 5.22. The lowest BCUT2D eigenvalue weighted by Gasteiger charge is -2.13. The molecule has 1 aromatic carbocycles. The van der Waals surface area contributed by atoms with Gasteiger partial charge in [0, 0.05) is 10.0 Å². The van der Waals surface area contributed by atoms with E-state index in [2.05, 4.69) is 0 Å². The summed E-state index contributed by atoms with van der Waals surface area (Å²) in [5.41, 5.74) is 0.804. The monoisotopic (exact) mass is 252 g/mol. The molecule has 2 atom stereocenters. The van der Waals surface area contributed by atoms with Gasteiger partial charge in [0.05, 0.1) is 11.5 Å². The molecule has 0 aliphatic rings. The maximum Gasteiger partial charge on any atom is 0.0624 e. The predicted molar refractivity (Wildman–Crippen MR) is 61.4 cm³/mol. The first-order valence-corrected chi connectivity index (χ1v) is 5.47. The number of rotatable bonds is 3. The summed E-state index contributed by atoms with van der Waals surface area (Å²) >= 11 is 17.8. The van der Waals surface area contributed by atoms with Crippen LogP contribution in [0.4, 0.5) is 0 Å². The zero-order valence-electron chi connectivity index (χ0n) is 7.67. The fourth-order valence-electron chi connectivity index (χ4n) is 1.18. The van der Waals surface area contributed by atoms with E-state index >= 15 is 0 Å². The summed E-state index contributed by atoms with van der Waals surface area (Å²) in [4.78, 5) is 0. The molecule has 0 aromatic heterocycles. The maximum absolute atomic E-state index is 9.18.